The summed E-state index contributed by atoms with van der Waals surface area (Å²) in [6.07, 6.45) is 5.71. The molecule has 0 bridgehead atoms. The molecule has 0 heterocycles. The molecule has 0 spiro atoms. The molecule has 2 nitrogen and oxygen atoms in total. The molecule has 2 heteroatoms. The maximum absolute atomic E-state index is 6.37. The van der Waals surface area contributed by atoms with E-state index < -0.39 is 0 Å². The first kappa shape index (κ1) is 12.6. The second kappa shape index (κ2) is 5.65. The number of benzene rings is 1. The summed E-state index contributed by atoms with van der Waals surface area (Å²) in [4.78, 5) is 0. The standard InChI is InChI=1S/C15H24N2/c1-2-11-3-5-12(6-4-11)15(17)13-7-9-14(16)10-8-13/h3-6,13-15H,2,7-10,16-17H2,1H3. The summed E-state index contributed by atoms with van der Waals surface area (Å²) in [5.41, 5.74) is 15.0. The fraction of sp³-hybridized carbons (Fsp3) is 0.600. The average molecular weight is 232 g/mol. The van der Waals surface area contributed by atoms with Crippen LogP contribution in [0.25, 0.3) is 0 Å². The largest absolute Gasteiger partial charge is 0.328 e. The van der Waals surface area contributed by atoms with E-state index in [1.807, 2.05) is 0 Å². The predicted octanol–water partition coefficient (Wildman–Crippen LogP) is 2.77. The number of nitrogens with two attached hydrogens (primary N) is 2. The molecule has 17 heavy (non-hydrogen) atoms. The molecule has 1 aliphatic rings. The first-order valence-electron chi connectivity index (χ1n) is 6.80. The maximum Gasteiger partial charge on any atom is 0.0323 e. The van der Waals surface area contributed by atoms with E-state index in [1.165, 1.54) is 24.0 Å². The first-order valence-corrected chi connectivity index (χ1v) is 6.80. The van der Waals surface area contributed by atoms with Gasteiger partial charge < -0.3 is 11.5 Å². The molecule has 2 rings (SSSR count). The summed E-state index contributed by atoms with van der Waals surface area (Å²) in [6, 6.07) is 9.37. The summed E-state index contributed by atoms with van der Waals surface area (Å²) in [7, 11) is 0. The lowest BCUT2D eigenvalue weighted by atomic mass is 9.80. The van der Waals surface area contributed by atoms with Crippen LogP contribution in [0.5, 0.6) is 0 Å². The van der Waals surface area contributed by atoms with E-state index >= 15 is 0 Å². The number of hydrogen-bond acceptors (Lipinski definition) is 2. The minimum atomic E-state index is 0.188. The molecule has 4 N–H and O–H groups in total. The number of hydrogen-bond donors (Lipinski definition) is 2. The monoisotopic (exact) mass is 232 g/mol. The number of aryl methyl sites for hydroxylation is 1. The second-order valence-corrected chi connectivity index (χ2v) is 5.30. The van der Waals surface area contributed by atoms with Gasteiger partial charge in [0.1, 0.15) is 0 Å². The van der Waals surface area contributed by atoms with E-state index in [1.54, 1.807) is 0 Å². The van der Waals surface area contributed by atoms with Crippen LogP contribution in [0.3, 0.4) is 0 Å². The highest BCUT2D eigenvalue weighted by molar-refractivity contribution is 5.25. The maximum atomic E-state index is 6.37. The van der Waals surface area contributed by atoms with Gasteiger partial charge in [0, 0.05) is 12.1 Å². The van der Waals surface area contributed by atoms with Crippen LogP contribution >= 0.6 is 0 Å². The highest BCUT2D eigenvalue weighted by atomic mass is 14.7. The van der Waals surface area contributed by atoms with Crippen LogP contribution in [0, 0.1) is 5.92 Å². The zero-order valence-electron chi connectivity index (χ0n) is 10.7. The van der Waals surface area contributed by atoms with Crippen LogP contribution in [0.1, 0.15) is 49.8 Å². The van der Waals surface area contributed by atoms with E-state index in [0.717, 1.165) is 19.3 Å². The van der Waals surface area contributed by atoms with E-state index in [4.69, 9.17) is 11.5 Å². The number of rotatable bonds is 3. The van der Waals surface area contributed by atoms with Gasteiger partial charge in [-0.2, -0.15) is 0 Å². The van der Waals surface area contributed by atoms with Crippen molar-refractivity contribution in [3.05, 3.63) is 35.4 Å². The Bertz CT molecular complexity index is 336. The van der Waals surface area contributed by atoms with Gasteiger partial charge in [-0.15, -0.1) is 0 Å². The van der Waals surface area contributed by atoms with Crippen LogP contribution in [0.4, 0.5) is 0 Å². The van der Waals surface area contributed by atoms with Gasteiger partial charge in [-0.05, 0) is 49.1 Å². The van der Waals surface area contributed by atoms with Crippen molar-refractivity contribution in [2.24, 2.45) is 17.4 Å². The van der Waals surface area contributed by atoms with Crippen molar-refractivity contribution in [1.82, 2.24) is 0 Å². The summed E-state index contributed by atoms with van der Waals surface area (Å²) < 4.78 is 0. The Morgan fingerprint density at radius 3 is 2.24 bits per heavy atom. The molecule has 94 valence electrons. The highest BCUT2D eigenvalue weighted by Gasteiger charge is 2.24. The average Bonchev–Trinajstić information content (AvgIpc) is 2.39. The quantitative estimate of drug-likeness (QED) is 0.842. The van der Waals surface area contributed by atoms with E-state index in [2.05, 4.69) is 31.2 Å². The molecule has 0 aromatic heterocycles. The molecule has 1 unspecified atom stereocenters. The van der Waals surface area contributed by atoms with Crippen molar-refractivity contribution in [3.8, 4) is 0 Å². The third kappa shape index (κ3) is 3.08. The van der Waals surface area contributed by atoms with Gasteiger partial charge in [0.25, 0.3) is 0 Å². The van der Waals surface area contributed by atoms with Gasteiger partial charge in [-0.1, -0.05) is 31.2 Å². The highest BCUT2D eigenvalue weighted by Crippen LogP contribution is 2.32. The van der Waals surface area contributed by atoms with Gasteiger partial charge >= 0.3 is 0 Å². The Balaban J connectivity index is 2.00. The van der Waals surface area contributed by atoms with Crippen molar-refractivity contribution >= 4 is 0 Å². The lowest BCUT2D eigenvalue weighted by molar-refractivity contribution is 0.285. The van der Waals surface area contributed by atoms with Crippen molar-refractivity contribution in [2.45, 2.75) is 51.1 Å². The Kier molecular flexibility index (Phi) is 4.19. The van der Waals surface area contributed by atoms with Crippen LogP contribution < -0.4 is 11.5 Å². The Morgan fingerprint density at radius 2 is 1.71 bits per heavy atom. The molecule has 1 aromatic carbocycles. The van der Waals surface area contributed by atoms with Crippen LogP contribution in [-0.2, 0) is 6.42 Å². The minimum Gasteiger partial charge on any atom is -0.328 e. The van der Waals surface area contributed by atoms with Gasteiger partial charge in [0.15, 0.2) is 0 Å². The Hall–Kier alpha value is -0.860. The van der Waals surface area contributed by atoms with Gasteiger partial charge in [-0.3, -0.25) is 0 Å². The summed E-state index contributed by atoms with van der Waals surface area (Å²) in [6.45, 7) is 2.18. The zero-order valence-corrected chi connectivity index (χ0v) is 10.7. The summed E-state index contributed by atoms with van der Waals surface area (Å²) in [5.74, 6) is 0.613. The molecule has 1 fully saturated rings. The van der Waals surface area contributed by atoms with Gasteiger partial charge in [0.05, 0.1) is 0 Å². The van der Waals surface area contributed by atoms with Crippen molar-refractivity contribution in [2.75, 3.05) is 0 Å². The smallest absolute Gasteiger partial charge is 0.0323 e. The second-order valence-electron chi connectivity index (χ2n) is 5.30. The lowest BCUT2D eigenvalue weighted by Gasteiger charge is -2.30. The minimum absolute atomic E-state index is 0.188. The molecule has 0 aliphatic heterocycles. The van der Waals surface area contributed by atoms with E-state index in [9.17, 15) is 0 Å². The summed E-state index contributed by atoms with van der Waals surface area (Å²) >= 11 is 0. The fourth-order valence-corrected chi connectivity index (χ4v) is 2.75. The van der Waals surface area contributed by atoms with Gasteiger partial charge in [-0.25, -0.2) is 0 Å². The fourth-order valence-electron chi connectivity index (χ4n) is 2.75. The zero-order chi connectivity index (χ0) is 12.3. The Labute approximate surface area is 104 Å². The molecular formula is C15H24N2. The molecule has 1 aliphatic carbocycles. The molecular weight excluding hydrogens is 208 g/mol. The normalized spacial score (nSPS) is 26.8. The van der Waals surface area contributed by atoms with Crippen molar-refractivity contribution in [1.29, 1.82) is 0 Å². The predicted molar refractivity (Wildman–Crippen MR) is 72.7 cm³/mol. The van der Waals surface area contributed by atoms with Gasteiger partial charge in [0.2, 0.25) is 0 Å². The summed E-state index contributed by atoms with van der Waals surface area (Å²) in [5, 5.41) is 0. The van der Waals surface area contributed by atoms with Crippen LogP contribution in [0.15, 0.2) is 24.3 Å². The molecule has 1 saturated carbocycles. The van der Waals surface area contributed by atoms with Crippen molar-refractivity contribution in [3.63, 3.8) is 0 Å². The molecule has 1 atom stereocenters. The van der Waals surface area contributed by atoms with Crippen LogP contribution in [-0.4, -0.2) is 6.04 Å². The Morgan fingerprint density at radius 1 is 1.12 bits per heavy atom. The topological polar surface area (TPSA) is 52.0 Å². The van der Waals surface area contributed by atoms with E-state index in [-0.39, 0.29) is 6.04 Å². The first-order chi connectivity index (χ1) is 8.20. The lowest BCUT2D eigenvalue weighted by Crippen LogP contribution is -2.31. The van der Waals surface area contributed by atoms with Crippen LogP contribution in [0.2, 0.25) is 0 Å². The third-order valence-corrected chi connectivity index (χ3v) is 4.10. The molecule has 0 amide bonds. The van der Waals surface area contributed by atoms with Crippen molar-refractivity contribution < 1.29 is 0 Å². The molecule has 0 radical (unpaired) electrons. The SMILES string of the molecule is CCc1ccc(C(N)C2CCC(N)CC2)cc1. The van der Waals surface area contributed by atoms with E-state index in [0.29, 0.717) is 12.0 Å². The molecule has 0 saturated heterocycles. The third-order valence-electron chi connectivity index (χ3n) is 4.10. The molecule has 1 aromatic rings.